The van der Waals surface area contributed by atoms with Gasteiger partial charge in [-0.15, -0.1) is 0 Å². The van der Waals surface area contributed by atoms with Crippen molar-refractivity contribution in [3.8, 4) is 0 Å². The number of hydrogen-bond acceptors (Lipinski definition) is 2. The molecule has 2 atom stereocenters. The van der Waals surface area contributed by atoms with Crippen LogP contribution in [0.2, 0.25) is 0 Å². The first-order valence-corrected chi connectivity index (χ1v) is 7.65. The van der Waals surface area contributed by atoms with Crippen LogP contribution in [0, 0.1) is 0 Å². The van der Waals surface area contributed by atoms with E-state index in [4.69, 9.17) is 5.73 Å². The molecule has 1 saturated heterocycles. The summed E-state index contributed by atoms with van der Waals surface area (Å²) in [7, 11) is 0. The molecule has 0 aromatic heterocycles. The maximum Gasteiger partial charge on any atom is 0.223 e. The number of piperidine rings is 1. The van der Waals surface area contributed by atoms with Crippen molar-refractivity contribution < 1.29 is 4.79 Å². The Kier molecular flexibility index (Phi) is 4.99. The summed E-state index contributed by atoms with van der Waals surface area (Å²) in [6.45, 7) is 2.90. The van der Waals surface area contributed by atoms with E-state index in [1.54, 1.807) is 0 Å². The summed E-state index contributed by atoms with van der Waals surface area (Å²) in [5, 5.41) is 0. The third-order valence-electron chi connectivity index (χ3n) is 3.80. The van der Waals surface area contributed by atoms with Gasteiger partial charge in [-0.3, -0.25) is 4.79 Å². The van der Waals surface area contributed by atoms with E-state index in [0.717, 1.165) is 30.3 Å². The molecule has 1 aromatic carbocycles. The first-order valence-electron chi connectivity index (χ1n) is 6.86. The van der Waals surface area contributed by atoms with Gasteiger partial charge in [0.1, 0.15) is 0 Å². The van der Waals surface area contributed by atoms with Crippen LogP contribution in [0.15, 0.2) is 28.7 Å². The summed E-state index contributed by atoms with van der Waals surface area (Å²) in [5.41, 5.74) is 7.12. The third-order valence-corrected chi connectivity index (χ3v) is 4.58. The molecule has 2 rings (SSSR count). The van der Waals surface area contributed by atoms with Crippen molar-refractivity contribution in [3.63, 3.8) is 0 Å². The van der Waals surface area contributed by atoms with E-state index in [9.17, 15) is 4.79 Å². The van der Waals surface area contributed by atoms with Gasteiger partial charge in [0.25, 0.3) is 0 Å². The molecule has 0 saturated carbocycles. The van der Waals surface area contributed by atoms with Crippen LogP contribution in [0.5, 0.6) is 0 Å². The van der Waals surface area contributed by atoms with E-state index in [1.165, 1.54) is 5.56 Å². The van der Waals surface area contributed by atoms with Gasteiger partial charge in [0.05, 0.1) is 0 Å². The number of nitrogens with two attached hydrogens (primary N) is 1. The van der Waals surface area contributed by atoms with Gasteiger partial charge in [0.2, 0.25) is 5.91 Å². The average Bonchev–Trinajstić information content (AvgIpc) is 2.37. The van der Waals surface area contributed by atoms with Gasteiger partial charge in [0.15, 0.2) is 0 Å². The highest BCUT2D eigenvalue weighted by atomic mass is 79.9. The standard InChI is InChI=1S/C15H21BrN2O/c1-11-10-13(17)8-9-18(11)15(19)7-6-12-4-2-3-5-14(12)16/h2-5,11,13H,6-10,17H2,1H3. The molecule has 0 spiro atoms. The fourth-order valence-electron chi connectivity index (χ4n) is 2.67. The van der Waals surface area contributed by atoms with Crippen molar-refractivity contribution in [1.29, 1.82) is 0 Å². The lowest BCUT2D eigenvalue weighted by molar-refractivity contribution is -0.134. The van der Waals surface area contributed by atoms with Gasteiger partial charge in [-0.05, 0) is 37.8 Å². The van der Waals surface area contributed by atoms with Crippen LogP contribution < -0.4 is 5.73 Å². The molecule has 104 valence electrons. The zero-order valence-electron chi connectivity index (χ0n) is 11.3. The number of carbonyl (C=O) groups is 1. The fraction of sp³-hybridized carbons (Fsp3) is 0.533. The second-order valence-electron chi connectivity index (χ2n) is 5.31. The molecule has 4 heteroatoms. The molecule has 0 radical (unpaired) electrons. The molecular weight excluding hydrogens is 304 g/mol. The summed E-state index contributed by atoms with van der Waals surface area (Å²) < 4.78 is 1.08. The van der Waals surface area contributed by atoms with Crippen LogP contribution in [-0.2, 0) is 11.2 Å². The first-order chi connectivity index (χ1) is 9.08. The SMILES string of the molecule is CC1CC(N)CCN1C(=O)CCc1ccccc1Br. The molecular formula is C15H21BrN2O. The lowest BCUT2D eigenvalue weighted by Crippen LogP contribution is -2.48. The molecule has 0 aliphatic carbocycles. The van der Waals surface area contributed by atoms with E-state index in [1.807, 2.05) is 23.1 Å². The molecule has 19 heavy (non-hydrogen) atoms. The molecule has 1 heterocycles. The number of rotatable bonds is 3. The number of carbonyl (C=O) groups excluding carboxylic acids is 1. The van der Waals surface area contributed by atoms with Crippen molar-refractivity contribution in [2.45, 2.75) is 44.7 Å². The molecule has 3 nitrogen and oxygen atoms in total. The molecule has 1 aliphatic heterocycles. The molecule has 1 fully saturated rings. The number of aryl methyl sites for hydroxylation is 1. The van der Waals surface area contributed by atoms with E-state index >= 15 is 0 Å². The maximum absolute atomic E-state index is 12.3. The van der Waals surface area contributed by atoms with Crippen LogP contribution >= 0.6 is 15.9 Å². The Hall–Kier alpha value is -0.870. The number of halogens is 1. The lowest BCUT2D eigenvalue weighted by Gasteiger charge is -2.36. The molecule has 1 amide bonds. The van der Waals surface area contributed by atoms with Gasteiger partial charge in [0, 0.05) is 29.5 Å². The highest BCUT2D eigenvalue weighted by Crippen LogP contribution is 2.20. The minimum atomic E-state index is 0.246. The Bertz CT molecular complexity index is 450. The monoisotopic (exact) mass is 324 g/mol. The molecule has 2 N–H and O–H groups in total. The van der Waals surface area contributed by atoms with Crippen molar-refractivity contribution in [2.75, 3.05) is 6.54 Å². The topological polar surface area (TPSA) is 46.3 Å². The quantitative estimate of drug-likeness (QED) is 0.929. The highest BCUT2D eigenvalue weighted by molar-refractivity contribution is 9.10. The lowest BCUT2D eigenvalue weighted by atomic mass is 9.98. The van der Waals surface area contributed by atoms with Gasteiger partial charge < -0.3 is 10.6 Å². The molecule has 2 unspecified atom stereocenters. The third kappa shape index (κ3) is 3.80. The fourth-order valence-corrected chi connectivity index (χ4v) is 3.15. The van der Waals surface area contributed by atoms with Crippen LogP contribution in [0.3, 0.4) is 0 Å². The number of amides is 1. The summed E-state index contributed by atoms with van der Waals surface area (Å²) in [5.74, 6) is 0.246. The molecule has 0 bridgehead atoms. The number of nitrogens with zero attached hydrogens (tertiary/aromatic N) is 1. The van der Waals surface area contributed by atoms with Gasteiger partial charge in [-0.25, -0.2) is 0 Å². The first kappa shape index (κ1) is 14.5. The zero-order chi connectivity index (χ0) is 13.8. The number of benzene rings is 1. The van der Waals surface area contributed by atoms with Crippen molar-refractivity contribution in [3.05, 3.63) is 34.3 Å². The van der Waals surface area contributed by atoms with Crippen molar-refractivity contribution >= 4 is 21.8 Å². The Morgan fingerprint density at radius 1 is 1.47 bits per heavy atom. The maximum atomic E-state index is 12.3. The summed E-state index contributed by atoms with van der Waals surface area (Å²) in [6, 6.07) is 8.60. The Morgan fingerprint density at radius 3 is 2.89 bits per heavy atom. The predicted molar refractivity (Wildman–Crippen MR) is 80.8 cm³/mol. The second-order valence-corrected chi connectivity index (χ2v) is 6.17. The van der Waals surface area contributed by atoms with Crippen LogP contribution in [0.4, 0.5) is 0 Å². The van der Waals surface area contributed by atoms with E-state index in [0.29, 0.717) is 6.42 Å². The normalized spacial score (nSPS) is 23.4. The van der Waals surface area contributed by atoms with Crippen LogP contribution in [-0.4, -0.2) is 29.4 Å². The Balaban J connectivity index is 1.89. The van der Waals surface area contributed by atoms with Gasteiger partial charge in [-0.1, -0.05) is 34.1 Å². The van der Waals surface area contributed by atoms with Gasteiger partial charge >= 0.3 is 0 Å². The number of likely N-dealkylation sites (tertiary alicyclic amines) is 1. The smallest absolute Gasteiger partial charge is 0.223 e. The number of hydrogen-bond donors (Lipinski definition) is 1. The summed E-state index contributed by atoms with van der Waals surface area (Å²) >= 11 is 3.52. The van der Waals surface area contributed by atoms with Gasteiger partial charge in [-0.2, -0.15) is 0 Å². The second kappa shape index (κ2) is 6.53. The van der Waals surface area contributed by atoms with Crippen LogP contribution in [0.25, 0.3) is 0 Å². The van der Waals surface area contributed by atoms with Crippen molar-refractivity contribution in [2.24, 2.45) is 5.73 Å². The predicted octanol–water partition coefficient (Wildman–Crippen LogP) is 2.72. The highest BCUT2D eigenvalue weighted by Gasteiger charge is 2.26. The Morgan fingerprint density at radius 2 is 2.21 bits per heavy atom. The molecule has 1 aromatic rings. The summed E-state index contributed by atoms with van der Waals surface area (Å²) in [4.78, 5) is 14.3. The van der Waals surface area contributed by atoms with E-state index in [-0.39, 0.29) is 18.0 Å². The van der Waals surface area contributed by atoms with E-state index < -0.39 is 0 Å². The van der Waals surface area contributed by atoms with Crippen LogP contribution in [0.1, 0.15) is 31.7 Å². The summed E-state index contributed by atoms with van der Waals surface area (Å²) in [6.07, 6.45) is 3.20. The van der Waals surface area contributed by atoms with E-state index in [2.05, 4.69) is 28.9 Å². The van der Waals surface area contributed by atoms with Crippen molar-refractivity contribution in [1.82, 2.24) is 4.90 Å². The average molecular weight is 325 g/mol. The molecule has 1 aliphatic rings. The Labute approximate surface area is 123 Å². The zero-order valence-corrected chi connectivity index (χ0v) is 12.9. The minimum absolute atomic E-state index is 0.246. The largest absolute Gasteiger partial charge is 0.340 e. The minimum Gasteiger partial charge on any atom is -0.340 e.